The summed E-state index contributed by atoms with van der Waals surface area (Å²) in [6.45, 7) is 1.43. The first-order valence-corrected chi connectivity index (χ1v) is 3.92. The van der Waals surface area contributed by atoms with Crippen LogP contribution in [0.1, 0.15) is 6.92 Å². The first-order chi connectivity index (χ1) is 4.04. The Labute approximate surface area is 55.8 Å². The molecule has 0 rings (SSSR count). The predicted octanol–water partition coefficient (Wildman–Crippen LogP) is -0.657. The number of nitrogens with one attached hydrogen (secondary N) is 1. The van der Waals surface area contributed by atoms with Crippen LogP contribution in [-0.4, -0.2) is 27.6 Å². The Hall–Kier alpha value is -0.420. The molecular weight excluding hydrogens is 142 g/mol. The summed E-state index contributed by atoms with van der Waals surface area (Å²) in [5.41, 5.74) is 0. The van der Waals surface area contributed by atoms with Crippen molar-refractivity contribution in [3.63, 3.8) is 0 Å². The van der Waals surface area contributed by atoms with E-state index in [0.717, 1.165) is 0 Å². The molecule has 0 saturated carbocycles. The van der Waals surface area contributed by atoms with E-state index in [1.165, 1.54) is 13.2 Å². The maximum Gasteiger partial charge on any atom is 0.321 e. The topological polar surface area (TPSA) is 66.4 Å². The fraction of sp³-hybridized carbons (Fsp3) is 0.750. The largest absolute Gasteiger partial charge is 0.480 e. The summed E-state index contributed by atoms with van der Waals surface area (Å²) in [6, 6.07) is -0.740. The van der Waals surface area contributed by atoms with Crippen LogP contribution in [0.3, 0.4) is 0 Å². The molecule has 9 heavy (non-hydrogen) atoms. The van der Waals surface area contributed by atoms with Gasteiger partial charge < -0.3 is 5.11 Å². The molecule has 54 valence electrons. The Kier molecular flexibility index (Phi) is 3.41. The Bertz CT molecular complexity index is 136. The average Bonchev–Trinajstić information content (AvgIpc) is 1.63. The summed E-state index contributed by atoms with van der Waals surface area (Å²) < 4.78 is 12.6. The number of carbonyl (C=O) groups is 1. The summed E-state index contributed by atoms with van der Waals surface area (Å²) in [6.07, 6.45) is 1.39. The quantitative estimate of drug-likeness (QED) is 0.563. The molecule has 0 spiro atoms. The minimum absolute atomic E-state index is 0.740. The summed E-state index contributed by atoms with van der Waals surface area (Å²) in [5.74, 6) is -0.995. The van der Waals surface area contributed by atoms with Gasteiger partial charge in [-0.15, -0.1) is 0 Å². The van der Waals surface area contributed by atoms with Gasteiger partial charge in [0, 0.05) is 6.26 Å². The van der Waals surface area contributed by atoms with Gasteiger partial charge in [0.05, 0.1) is 11.0 Å². The lowest BCUT2D eigenvalue weighted by Crippen LogP contribution is -2.34. The van der Waals surface area contributed by atoms with E-state index >= 15 is 0 Å². The minimum Gasteiger partial charge on any atom is -0.480 e. The SMILES string of the molecule is CC(NS(C)=O)C(=O)O. The van der Waals surface area contributed by atoms with Crippen LogP contribution >= 0.6 is 0 Å². The van der Waals surface area contributed by atoms with Crippen molar-refractivity contribution in [2.75, 3.05) is 6.26 Å². The highest BCUT2D eigenvalue weighted by molar-refractivity contribution is 7.82. The van der Waals surface area contributed by atoms with Gasteiger partial charge >= 0.3 is 5.97 Å². The van der Waals surface area contributed by atoms with Crippen molar-refractivity contribution in [2.24, 2.45) is 0 Å². The van der Waals surface area contributed by atoms with Gasteiger partial charge in [0.1, 0.15) is 6.04 Å². The van der Waals surface area contributed by atoms with Gasteiger partial charge in [-0.2, -0.15) is 0 Å². The fourth-order valence-electron chi connectivity index (χ4n) is 0.299. The molecule has 2 atom stereocenters. The third kappa shape index (κ3) is 4.11. The van der Waals surface area contributed by atoms with Gasteiger partial charge in [0.2, 0.25) is 0 Å². The van der Waals surface area contributed by atoms with Crippen molar-refractivity contribution in [2.45, 2.75) is 13.0 Å². The molecule has 0 bridgehead atoms. The van der Waals surface area contributed by atoms with Gasteiger partial charge in [-0.3, -0.25) is 4.79 Å². The van der Waals surface area contributed by atoms with Crippen molar-refractivity contribution < 1.29 is 14.1 Å². The highest BCUT2D eigenvalue weighted by atomic mass is 32.2. The van der Waals surface area contributed by atoms with Crippen molar-refractivity contribution in [3.8, 4) is 0 Å². The molecule has 0 amide bonds. The van der Waals surface area contributed by atoms with Gasteiger partial charge in [0.25, 0.3) is 0 Å². The Balaban J connectivity index is 3.63. The first-order valence-electron chi connectivity index (χ1n) is 2.36. The zero-order chi connectivity index (χ0) is 7.44. The monoisotopic (exact) mass is 151 g/mol. The molecule has 0 aliphatic rings. The van der Waals surface area contributed by atoms with E-state index in [-0.39, 0.29) is 0 Å². The van der Waals surface area contributed by atoms with Crippen LogP contribution in [0.25, 0.3) is 0 Å². The zero-order valence-electron chi connectivity index (χ0n) is 5.25. The molecule has 0 aliphatic carbocycles. The second kappa shape index (κ2) is 3.58. The second-order valence-corrected chi connectivity index (χ2v) is 2.78. The third-order valence-electron chi connectivity index (χ3n) is 0.713. The molecule has 0 radical (unpaired) electrons. The molecule has 0 saturated heterocycles. The molecule has 0 heterocycles. The van der Waals surface area contributed by atoms with Crippen LogP contribution in [0.5, 0.6) is 0 Å². The molecule has 2 unspecified atom stereocenters. The molecule has 0 aromatic carbocycles. The first kappa shape index (κ1) is 8.58. The Morgan fingerprint density at radius 2 is 2.22 bits per heavy atom. The normalized spacial score (nSPS) is 16.7. The zero-order valence-corrected chi connectivity index (χ0v) is 6.07. The minimum atomic E-state index is -1.25. The van der Waals surface area contributed by atoms with E-state index in [1.807, 2.05) is 0 Å². The van der Waals surface area contributed by atoms with Gasteiger partial charge in [-0.05, 0) is 6.92 Å². The van der Waals surface area contributed by atoms with E-state index in [1.54, 1.807) is 0 Å². The number of hydrogen-bond acceptors (Lipinski definition) is 2. The molecule has 4 nitrogen and oxygen atoms in total. The number of carboxylic acid groups (broad SMARTS) is 1. The molecule has 2 N–H and O–H groups in total. The highest BCUT2D eigenvalue weighted by Crippen LogP contribution is 1.80. The number of carboxylic acids is 1. The lowest BCUT2D eigenvalue weighted by Gasteiger charge is -2.03. The van der Waals surface area contributed by atoms with Crippen molar-refractivity contribution in [3.05, 3.63) is 0 Å². The molecule has 0 fully saturated rings. The molecule has 0 aromatic heterocycles. The van der Waals surface area contributed by atoms with Crippen molar-refractivity contribution in [1.82, 2.24) is 4.72 Å². The van der Waals surface area contributed by atoms with E-state index in [0.29, 0.717) is 0 Å². The van der Waals surface area contributed by atoms with Crippen molar-refractivity contribution >= 4 is 17.0 Å². The van der Waals surface area contributed by atoms with Gasteiger partial charge in [-0.25, -0.2) is 8.93 Å². The van der Waals surface area contributed by atoms with E-state index in [9.17, 15) is 9.00 Å². The Morgan fingerprint density at radius 1 is 1.78 bits per heavy atom. The van der Waals surface area contributed by atoms with Crippen LogP contribution in [0.2, 0.25) is 0 Å². The number of aliphatic carboxylic acids is 1. The van der Waals surface area contributed by atoms with E-state index in [2.05, 4.69) is 4.72 Å². The van der Waals surface area contributed by atoms with E-state index < -0.39 is 23.0 Å². The smallest absolute Gasteiger partial charge is 0.321 e. The van der Waals surface area contributed by atoms with Crippen molar-refractivity contribution in [1.29, 1.82) is 0 Å². The summed E-state index contributed by atoms with van der Waals surface area (Å²) in [4.78, 5) is 10.0. The number of hydrogen-bond donors (Lipinski definition) is 2. The van der Waals surface area contributed by atoms with Crippen LogP contribution in [0.15, 0.2) is 0 Å². The third-order valence-corrected chi connectivity index (χ3v) is 1.40. The van der Waals surface area contributed by atoms with Crippen LogP contribution in [0, 0.1) is 0 Å². The molecule has 0 aliphatic heterocycles. The number of rotatable bonds is 3. The van der Waals surface area contributed by atoms with E-state index in [4.69, 9.17) is 5.11 Å². The second-order valence-electron chi connectivity index (χ2n) is 1.63. The standard InChI is InChI=1S/C4H9NO3S/c1-3(4(6)7)5-9(2)8/h3,5H,1-2H3,(H,6,7). The maximum absolute atomic E-state index is 10.3. The van der Waals surface area contributed by atoms with Gasteiger partial charge in [-0.1, -0.05) is 0 Å². The van der Waals surface area contributed by atoms with Gasteiger partial charge in [0.15, 0.2) is 0 Å². The van der Waals surface area contributed by atoms with Crippen LogP contribution in [0.4, 0.5) is 0 Å². The highest BCUT2D eigenvalue weighted by Gasteiger charge is 2.09. The van der Waals surface area contributed by atoms with Crippen LogP contribution < -0.4 is 4.72 Å². The molecule has 5 heteroatoms. The average molecular weight is 151 g/mol. The predicted molar refractivity (Wildman–Crippen MR) is 34.3 cm³/mol. The Morgan fingerprint density at radius 3 is 2.33 bits per heavy atom. The lowest BCUT2D eigenvalue weighted by atomic mass is 10.4. The fourth-order valence-corrected chi connectivity index (χ4v) is 0.898. The summed E-state index contributed by atoms with van der Waals surface area (Å²) in [7, 11) is -1.25. The molecular formula is C4H9NO3S. The summed E-state index contributed by atoms with van der Waals surface area (Å²) in [5, 5.41) is 8.23. The molecule has 0 aromatic rings. The summed E-state index contributed by atoms with van der Waals surface area (Å²) >= 11 is 0. The maximum atomic E-state index is 10.3. The van der Waals surface area contributed by atoms with Crippen LogP contribution in [-0.2, 0) is 15.8 Å². The lowest BCUT2D eigenvalue weighted by molar-refractivity contribution is -0.138.